The van der Waals surface area contributed by atoms with Crippen LogP contribution in [0.5, 0.6) is 0 Å². The Kier molecular flexibility index (Phi) is 4.10. The minimum atomic E-state index is -0.947. The van der Waals surface area contributed by atoms with Crippen molar-refractivity contribution in [3.63, 3.8) is 0 Å². The van der Waals surface area contributed by atoms with Crippen molar-refractivity contribution in [2.75, 3.05) is 13.1 Å². The smallest absolute Gasteiger partial charge is 0.311 e. The molecule has 7 heteroatoms. The van der Waals surface area contributed by atoms with Crippen molar-refractivity contribution in [1.82, 2.24) is 14.7 Å². The predicted molar refractivity (Wildman–Crippen MR) is 89.3 cm³/mol. The van der Waals surface area contributed by atoms with Crippen LogP contribution in [0.25, 0.3) is 5.69 Å². The fourth-order valence-electron chi connectivity index (χ4n) is 3.18. The van der Waals surface area contributed by atoms with Crippen LogP contribution in [0.3, 0.4) is 0 Å². The van der Waals surface area contributed by atoms with E-state index in [4.69, 9.17) is 0 Å². The molecule has 1 amide bonds. The molecule has 3 rings (SSSR count). The largest absolute Gasteiger partial charge is 0.481 e. The Balaban J connectivity index is 1.85. The Bertz CT molecular complexity index is 861. The van der Waals surface area contributed by atoms with Gasteiger partial charge in [0.1, 0.15) is 11.5 Å². The molecule has 25 heavy (non-hydrogen) atoms. The molecule has 0 radical (unpaired) electrons. The number of carboxylic acid groups (broad SMARTS) is 1. The summed E-state index contributed by atoms with van der Waals surface area (Å²) in [5, 5.41) is 13.5. The van der Waals surface area contributed by atoms with Gasteiger partial charge in [-0.2, -0.15) is 5.10 Å². The second kappa shape index (κ2) is 5.98. The molecule has 0 aliphatic carbocycles. The Hall–Kier alpha value is -2.70. The van der Waals surface area contributed by atoms with Crippen molar-refractivity contribution < 1.29 is 19.1 Å². The number of nitrogens with zero attached hydrogens (tertiary/aromatic N) is 3. The molecule has 1 saturated heterocycles. The summed E-state index contributed by atoms with van der Waals surface area (Å²) in [4.78, 5) is 25.3. The van der Waals surface area contributed by atoms with Crippen LogP contribution >= 0.6 is 0 Å². The highest BCUT2D eigenvalue weighted by atomic mass is 19.1. The number of aliphatic carboxylic acids is 1. The number of benzene rings is 1. The maximum absolute atomic E-state index is 14.5. The van der Waals surface area contributed by atoms with Crippen molar-refractivity contribution in [2.45, 2.75) is 27.2 Å². The number of amides is 1. The van der Waals surface area contributed by atoms with Gasteiger partial charge in [-0.05, 0) is 51.5 Å². The Labute approximate surface area is 144 Å². The van der Waals surface area contributed by atoms with Crippen LogP contribution in [-0.4, -0.2) is 44.8 Å². The van der Waals surface area contributed by atoms with Gasteiger partial charge in [-0.1, -0.05) is 0 Å². The minimum absolute atomic E-state index is 0.127. The number of aryl methyl sites for hydroxylation is 2. The van der Waals surface area contributed by atoms with Gasteiger partial charge >= 0.3 is 5.97 Å². The zero-order chi connectivity index (χ0) is 18.4. The van der Waals surface area contributed by atoms with Crippen LogP contribution in [0, 0.1) is 25.1 Å². The molecule has 0 spiro atoms. The zero-order valence-electron chi connectivity index (χ0n) is 14.4. The summed E-state index contributed by atoms with van der Waals surface area (Å²) >= 11 is 0. The average molecular weight is 345 g/mol. The lowest BCUT2D eigenvalue weighted by molar-refractivity contribution is -0.147. The standard InChI is InChI=1S/C18H20FN3O3/c1-11-8-12(2)22(20-11)15-5-4-13(9-14(15)19)16(23)21-7-6-18(3,10-21)17(24)25/h4-5,8-9H,6-7,10H2,1-3H3,(H,24,25). The number of carbonyl (C=O) groups is 2. The van der Waals surface area contributed by atoms with Gasteiger partial charge in [0.15, 0.2) is 0 Å². The Morgan fingerprint density at radius 2 is 2.00 bits per heavy atom. The number of carbonyl (C=O) groups excluding carboxylic acids is 1. The van der Waals surface area contributed by atoms with Gasteiger partial charge in [0.25, 0.3) is 5.91 Å². The van der Waals surface area contributed by atoms with Gasteiger partial charge in [0, 0.05) is 24.3 Å². The Morgan fingerprint density at radius 3 is 2.52 bits per heavy atom. The summed E-state index contributed by atoms with van der Waals surface area (Å²) in [6.45, 7) is 5.75. The molecule has 6 nitrogen and oxygen atoms in total. The van der Waals surface area contributed by atoms with Crippen molar-refractivity contribution in [3.05, 3.63) is 47.0 Å². The van der Waals surface area contributed by atoms with Crippen LogP contribution in [-0.2, 0) is 4.79 Å². The third-order valence-electron chi connectivity index (χ3n) is 4.71. The zero-order valence-corrected chi connectivity index (χ0v) is 14.4. The lowest BCUT2D eigenvalue weighted by Crippen LogP contribution is -2.34. The third-order valence-corrected chi connectivity index (χ3v) is 4.71. The summed E-state index contributed by atoms with van der Waals surface area (Å²) in [6, 6.07) is 6.10. The fraction of sp³-hybridized carbons (Fsp3) is 0.389. The van der Waals surface area contributed by atoms with Crippen LogP contribution in [0.15, 0.2) is 24.3 Å². The number of hydrogen-bond acceptors (Lipinski definition) is 3. The van der Waals surface area contributed by atoms with E-state index in [0.29, 0.717) is 13.0 Å². The number of rotatable bonds is 3. The first-order chi connectivity index (χ1) is 11.7. The second-order valence-corrected chi connectivity index (χ2v) is 6.85. The summed E-state index contributed by atoms with van der Waals surface area (Å²) in [7, 11) is 0. The van der Waals surface area contributed by atoms with Gasteiger partial charge in [-0.15, -0.1) is 0 Å². The van der Waals surface area contributed by atoms with E-state index in [1.807, 2.05) is 19.9 Å². The van der Waals surface area contributed by atoms with Crippen molar-refractivity contribution >= 4 is 11.9 Å². The van der Waals surface area contributed by atoms with Gasteiger partial charge in [-0.25, -0.2) is 9.07 Å². The first-order valence-corrected chi connectivity index (χ1v) is 8.07. The molecule has 1 fully saturated rings. The van der Waals surface area contributed by atoms with Gasteiger partial charge in [-0.3, -0.25) is 9.59 Å². The monoisotopic (exact) mass is 345 g/mol. The molecule has 1 atom stereocenters. The molecular formula is C18H20FN3O3. The number of carboxylic acids is 1. The van der Waals surface area contributed by atoms with Gasteiger partial charge < -0.3 is 10.0 Å². The molecule has 0 bridgehead atoms. The number of halogens is 1. The molecule has 0 saturated carbocycles. The molecule has 1 aromatic heterocycles. The fourth-order valence-corrected chi connectivity index (χ4v) is 3.18. The number of hydrogen-bond donors (Lipinski definition) is 1. The predicted octanol–water partition coefficient (Wildman–Crippen LogP) is 2.57. The number of aromatic nitrogens is 2. The molecule has 1 aromatic carbocycles. The van der Waals surface area contributed by atoms with E-state index in [1.54, 1.807) is 13.0 Å². The lowest BCUT2D eigenvalue weighted by Gasteiger charge is -2.20. The first kappa shape index (κ1) is 17.1. The highest BCUT2D eigenvalue weighted by Gasteiger charge is 2.42. The summed E-state index contributed by atoms with van der Waals surface area (Å²) in [5.74, 6) is -1.82. The molecule has 1 unspecified atom stereocenters. The molecule has 132 valence electrons. The summed E-state index contributed by atoms with van der Waals surface area (Å²) in [5.41, 5.74) is 1.11. The Morgan fingerprint density at radius 1 is 1.28 bits per heavy atom. The van der Waals surface area contributed by atoms with Crippen LogP contribution in [0.1, 0.15) is 35.1 Å². The van der Waals surface area contributed by atoms with E-state index in [0.717, 1.165) is 11.4 Å². The van der Waals surface area contributed by atoms with E-state index in [2.05, 4.69) is 5.10 Å². The SMILES string of the molecule is Cc1cc(C)n(-c2ccc(C(=O)N3CCC(C)(C(=O)O)C3)cc2F)n1. The molecular weight excluding hydrogens is 325 g/mol. The molecule has 2 aromatic rings. The molecule has 1 aliphatic rings. The third kappa shape index (κ3) is 3.01. The van der Waals surface area contributed by atoms with Crippen LogP contribution in [0.4, 0.5) is 4.39 Å². The maximum Gasteiger partial charge on any atom is 0.311 e. The van der Waals surface area contributed by atoms with Crippen LogP contribution < -0.4 is 0 Å². The average Bonchev–Trinajstić information content (AvgIpc) is 3.10. The summed E-state index contributed by atoms with van der Waals surface area (Å²) in [6.07, 6.45) is 0.389. The first-order valence-electron chi connectivity index (χ1n) is 8.07. The van der Waals surface area contributed by atoms with E-state index in [-0.39, 0.29) is 23.7 Å². The number of likely N-dealkylation sites (tertiary alicyclic amines) is 1. The van der Waals surface area contributed by atoms with E-state index in [1.165, 1.54) is 21.7 Å². The lowest BCUT2D eigenvalue weighted by atomic mass is 9.90. The minimum Gasteiger partial charge on any atom is -0.481 e. The highest BCUT2D eigenvalue weighted by molar-refractivity contribution is 5.95. The van der Waals surface area contributed by atoms with E-state index >= 15 is 0 Å². The van der Waals surface area contributed by atoms with E-state index in [9.17, 15) is 19.1 Å². The molecule has 1 aliphatic heterocycles. The van der Waals surface area contributed by atoms with Crippen LogP contribution in [0.2, 0.25) is 0 Å². The summed E-state index contributed by atoms with van der Waals surface area (Å²) < 4.78 is 16.0. The normalized spacial score (nSPS) is 20.1. The van der Waals surface area contributed by atoms with Gasteiger partial charge in [0.05, 0.1) is 11.1 Å². The van der Waals surface area contributed by atoms with Gasteiger partial charge in [0.2, 0.25) is 0 Å². The van der Waals surface area contributed by atoms with Crippen molar-refractivity contribution in [2.24, 2.45) is 5.41 Å². The maximum atomic E-state index is 14.5. The quantitative estimate of drug-likeness (QED) is 0.928. The topological polar surface area (TPSA) is 75.4 Å². The highest BCUT2D eigenvalue weighted by Crippen LogP contribution is 2.31. The van der Waals surface area contributed by atoms with Crippen molar-refractivity contribution in [1.29, 1.82) is 0 Å². The molecule has 1 N–H and O–H groups in total. The second-order valence-electron chi connectivity index (χ2n) is 6.85. The van der Waals surface area contributed by atoms with Crippen molar-refractivity contribution in [3.8, 4) is 5.69 Å². The van der Waals surface area contributed by atoms with E-state index < -0.39 is 17.2 Å². The molecule has 2 heterocycles.